The summed E-state index contributed by atoms with van der Waals surface area (Å²) in [5, 5.41) is 2.89. The lowest BCUT2D eigenvalue weighted by Crippen LogP contribution is -2.48. The maximum Gasteiger partial charge on any atom is 0.243 e. The third-order valence-corrected chi connectivity index (χ3v) is 5.56. The number of likely N-dealkylation sites (tertiary alicyclic amines) is 1. The molecule has 2 heterocycles. The molecule has 1 aliphatic carbocycles. The van der Waals surface area contributed by atoms with Crippen LogP contribution in [0.2, 0.25) is 0 Å². The topological polar surface area (TPSA) is 84.9 Å². The average Bonchev–Trinajstić information content (AvgIpc) is 3.24. The summed E-state index contributed by atoms with van der Waals surface area (Å²) in [7, 11) is 0. The number of carbonyl (C=O) groups excluding carboxylic acids is 3. The van der Waals surface area contributed by atoms with Crippen LogP contribution in [0, 0.1) is 11.8 Å². The largest absolute Gasteiger partial charge is 0.454 e. The van der Waals surface area contributed by atoms with Crippen molar-refractivity contribution in [1.82, 2.24) is 10.2 Å². The van der Waals surface area contributed by atoms with Gasteiger partial charge in [-0.25, -0.2) is 0 Å². The Kier molecular flexibility index (Phi) is 4.37. The molecule has 1 fully saturated rings. The summed E-state index contributed by atoms with van der Waals surface area (Å²) in [6.45, 7) is 3.63. The number of hydrogen-bond donors (Lipinski definition) is 1. The van der Waals surface area contributed by atoms with Gasteiger partial charge in [0.25, 0.3) is 0 Å². The zero-order chi connectivity index (χ0) is 19.1. The minimum atomic E-state index is -0.841. The fourth-order valence-corrected chi connectivity index (χ4v) is 3.92. The first-order valence-corrected chi connectivity index (χ1v) is 9.19. The predicted molar refractivity (Wildman–Crippen MR) is 95.8 cm³/mol. The number of benzene rings is 1. The minimum Gasteiger partial charge on any atom is -0.454 e. The molecule has 4 rings (SSSR count). The van der Waals surface area contributed by atoms with Crippen LogP contribution >= 0.6 is 0 Å². The molecule has 3 aliphatic rings. The average molecular weight is 370 g/mol. The predicted octanol–water partition coefficient (Wildman–Crippen LogP) is 1.93. The smallest absolute Gasteiger partial charge is 0.243 e. The molecule has 0 spiro atoms. The summed E-state index contributed by atoms with van der Waals surface area (Å²) in [6, 6.07) is 4.34. The third-order valence-electron chi connectivity index (χ3n) is 5.56. The second kappa shape index (κ2) is 6.72. The standard InChI is InChI=1S/C20H22N2O5/c1-11(13-7-8-16-17(9-13)27-10-26-16)21-18(23)12(2)22-19(24)14-5-3-4-6-15(14)20(22)25/h3-4,7-9,11-12,14-15H,5-6,10H2,1-2H3,(H,21,23). The van der Waals surface area contributed by atoms with Crippen LogP contribution in [0.25, 0.3) is 0 Å². The number of carbonyl (C=O) groups is 3. The number of nitrogens with zero attached hydrogens (tertiary/aromatic N) is 1. The summed E-state index contributed by atoms with van der Waals surface area (Å²) >= 11 is 0. The van der Waals surface area contributed by atoms with E-state index >= 15 is 0 Å². The summed E-state index contributed by atoms with van der Waals surface area (Å²) in [5.41, 5.74) is 0.858. The number of allylic oxidation sites excluding steroid dienone is 2. The maximum absolute atomic E-state index is 12.7. The Balaban J connectivity index is 1.45. The van der Waals surface area contributed by atoms with Crippen LogP contribution in [0.5, 0.6) is 11.5 Å². The van der Waals surface area contributed by atoms with Crippen LogP contribution in [0.1, 0.15) is 38.3 Å². The van der Waals surface area contributed by atoms with Crippen molar-refractivity contribution in [2.24, 2.45) is 11.8 Å². The third kappa shape index (κ3) is 2.97. The van der Waals surface area contributed by atoms with Crippen LogP contribution in [0.4, 0.5) is 0 Å². The number of nitrogens with one attached hydrogen (secondary N) is 1. The van der Waals surface area contributed by atoms with E-state index in [2.05, 4.69) is 5.32 Å². The van der Waals surface area contributed by atoms with Crippen LogP contribution in [0.15, 0.2) is 30.4 Å². The summed E-state index contributed by atoms with van der Waals surface area (Å²) < 4.78 is 10.7. The van der Waals surface area contributed by atoms with Gasteiger partial charge in [-0.3, -0.25) is 19.3 Å². The SMILES string of the molecule is CC(NC(=O)C(C)N1C(=O)C2CC=CCC2C1=O)c1ccc2c(c1)OCO2. The number of ether oxygens (including phenoxy) is 2. The van der Waals surface area contributed by atoms with Crippen LogP contribution in [-0.4, -0.2) is 35.5 Å². The van der Waals surface area contributed by atoms with Crippen molar-refractivity contribution in [3.8, 4) is 11.5 Å². The molecular formula is C20H22N2O5. The first-order chi connectivity index (χ1) is 13.0. The fraction of sp³-hybridized carbons (Fsp3) is 0.450. The van der Waals surface area contributed by atoms with Gasteiger partial charge in [0.15, 0.2) is 11.5 Å². The molecular weight excluding hydrogens is 348 g/mol. The van der Waals surface area contributed by atoms with Crippen molar-refractivity contribution >= 4 is 17.7 Å². The number of fused-ring (bicyclic) bond motifs is 2. The van der Waals surface area contributed by atoms with E-state index in [0.29, 0.717) is 24.3 Å². The molecule has 4 unspecified atom stereocenters. The van der Waals surface area contributed by atoms with E-state index in [4.69, 9.17) is 9.47 Å². The lowest BCUT2D eigenvalue weighted by atomic mass is 9.85. The van der Waals surface area contributed by atoms with E-state index in [0.717, 1.165) is 10.5 Å². The van der Waals surface area contributed by atoms with Crippen LogP contribution < -0.4 is 14.8 Å². The lowest BCUT2D eigenvalue weighted by Gasteiger charge is -2.24. The molecule has 3 amide bonds. The molecule has 1 aromatic rings. The molecule has 0 bridgehead atoms. The Morgan fingerprint density at radius 3 is 2.37 bits per heavy atom. The van der Waals surface area contributed by atoms with E-state index in [1.165, 1.54) is 0 Å². The van der Waals surface area contributed by atoms with Crippen molar-refractivity contribution in [2.75, 3.05) is 6.79 Å². The van der Waals surface area contributed by atoms with Crippen molar-refractivity contribution in [3.05, 3.63) is 35.9 Å². The van der Waals surface area contributed by atoms with Gasteiger partial charge >= 0.3 is 0 Å². The van der Waals surface area contributed by atoms with Crippen molar-refractivity contribution < 1.29 is 23.9 Å². The Morgan fingerprint density at radius 1 is 1.07 bits per heavy atom. The summed E-state index contributed by atoms with van der Waals surface area (Å²) in [5.74, 6) is -0.180. The molecule has 1 aromatic carbocycles. The molecule has 2 aliphatic heterocycles. The monoisotopic (exact) mass is 370 g/mol. The van der Waals surface area contributed by atoms with Gasteiger partial charge in [0, 0.05) is 0 Å². The second-order valence-corrected chi connectivity index (χ2v) is 7.22. The van der Waals surface area contributed by atoms with Crippen molar-refractivity contribution in [1.29, 1.82) is 0 Å². The number of amides is 3. The quantitative estimate of drug-likeness (QED) is 0.647. The highest BCUT2D eigenvalue weighted by atomic mass is 16.7. The zero-order valence-electron chi connectivity index (χ0n) is 15.3. The minimum absolute atomic E-state index is 0.187. The normalized spacial score (nSPS) is 25.3. The summed E-state index contributed by atoms with van der Waals surface area (Å²) in [6.07, 6.45) is 4.99. The van der Waals surface area contributed by atoms with Crippen molar-refractivity contribution in [3.63, 3.8) is 0 Å². The molecule has 0 radical (unpaired) electrons. The summed E-state index contributed by atoms with van der Waals surface area (Å²) in [4.78, 5) is 39.1. The molecule has 0 saturated carbocycles. The van der Waals surface area contributed by atoms with Gasteiger partial charge in [0.2, 0.25) is 24.5 Å². The first-order valence-electron chi connectivity index (χ1n) is 9.19. The second-order valence-electron chi connectivity index (χ2n) is 7.22. The Bertz CT molecular complexity index is 808. The van der Waals surface area contributed by atoms with Gasteiger partial charge < -0.3 is 14.8 Å². The Hall–Kier alpha value is -2.83. The van der Waals surface area contributed by atoms with Gasteiger partial charge in [0.05, 0.1) is 17.9 Å². The molecule has 142 valence electrons. The first kappa shape index (κ1) is 17.6. The highest BCUT2D eigenvalue weighted by Crippen LogP contribution is 2.36. The number of hydrogen-bond acceptors (Lipinski definition) is 5. The molecule has 27 heavy (non-hydrogen) atoms. The van der Waals surface area contributed by atoms with Gasteiger partial charge in [0.1, 0.15) is 6.04 Å². The number of imide groups is 1. The van der Waals surface area contributed by atoms with Gasteiger partial charge in [-0.2, -0.15) is 0 Å². The molecule has 1 N–H and O–H groups in total. The van der Waals surface area contributed by atoms with Crippen LogP contribution in [-0.2, 0) is 14.4 Å². The van der Waals surface area contributed by atoms with Crippen LogP contribution in [0.3, 0.4) is 0 Å². The van der Waals surface area contributed by atoms with E-state index in [9.17, 15) is 14.4 Å². The molecule has 1 saturated heterocycles. The van der Waals surface area contributed by atoms with E-state index < -0.39 is 6.04 Å². The van der Waals surface area contributed by atoms with Gasteiger partial charge in [-0.1, -0.05) is 18.2 Å². The lowest BCUT2D eigenvalue weighted by molar-refractivity contribution is -0.147. The molecule has 4 atom stereocenters. The Labute approximate surface area is 157 Å². The highest BCUT2D eigenvalue weighted by molar-refractivity contribution is 6.08. The maximum atomic E-state index is 12.7. The zero-order valence-corrected chi connectivity index (χ0v) is 15.3. The highest BCUT2D eigenvalue weighted by Gasteiger charge is 2.50. The fourth-order valence-electron chi connectivity index (χ4n) is 3.92. The molecule has 7 nitrogen and oxygen atoms in total. The number of rotatable bonds is 4. The van der Waals surface area contributed by atoms with Crippen molar-refractivity contribution in [2.45, 2.75) is 38.8 Å². The van der Waals surface area contributed by atoms with Gasteiger partial charge in [-0.05, 0) is 44.4 Å². The molecule has 7 heteroatoms. The van der Waals surface area contributed by atoms with E-state index in [1.807, 2.05) is 31.2 Å². The van der Waals surface area contributed by atoms with E-state index in [1.54, 1.807) is 13.0 Å². The molecule has 0 aromatic heterocycles. The van der Waals surface area contributed by atoms with Gasteiger partial charge in [-0.15, -0.1) is 0 Å². The van der Waals surface area contributed by atoms with E-state index in [-0.39, 0.29) is 42.4 Å². The Morgan fingerprint density at radius 2 is 1.70 bits per heavy atom.